The van der Waals surface area contributed by atoms with Crippen LogP contribution < -0.4 is 0 Å². The zero-order valence-corrected chi connectivity index (χ0v) is 23.2. The summed E-state index contributed by atoms with van der Waals surface area (Å²) in [4.78, 5) is 27.1. The molecule has 1 aromatic carbocycles. The fourth-order valence-electron chi connectivity index (χ4n) is 5.68. The van der Waals surface area contributed by atoms with Crippen LogP contribution in [-0.2, 0) is 23.8 Å². The van der Waals surface area contributed by atoms with Gasteiger partial charge in [0.2, 0.25) is 0 Å². The first-order valence-corrected chi connectivity index (χ1v) is 13.0. The Morgan fingerprint density at radius 3 is 2.31 bits per heavy atom. The number of esters is 1. The number of hydrogen-bond donors (Lipinski definition) is 0. The second-order valence-corrected chi connectivity index (χ2v) is 10.9. The third kappa shape index (κ3) is 6.07. The van der Waals surface area contributed by atoms with Gasteiger partial charge in [-0.1, -0.05) is 61.4 Å². The van der Waals surface area contributed by atoms with Gasteiger partial charge in [0.05, 0.1) is 6.61 Å². The van der Waals surface area contributed by atoms with Crippen LogP contribution in [0.3, 0.4) is 0 Å². The maximum atomic E-state index is 13.9. The molecule has 36 heavy (non-hydrogen) atoms. The van der Waals surface area contributed by atoms with Gasteiger partial charge in [0.1, 0.15) is 12.0 Å². The van der Waals surface area contributed by atoms with E-state index in [1.807, 2.05) is 40.7 Å². The van der Waals surface area contributed by atoms with E-state index in [0.717, 1.165) is 45.4 Å². The molecule has 0 aliphatic carbocycles. The maximum absolute atomic E-state index is 13.9. The molecule has 0 amide bonds. The molecule has 0 N–H and O–H groups in total. The quantitative estimate of drug-likeness (QED) is 0.257. The normalized spacial score (nSPS) is 33.5. The van der Waals surface area contributed by atoms with Gasteiger partial charge in [-0.2, -0.15) is 0 Å². The fourth-order valence-corrected chi connectivity index (χ4v) is 5.68. The number of ketones is 1. The van der Waals surface area contributed by atoms with Crippen molar-refractivity contribution in [3.05, 3.63) is 69.8 Å². The van der Waals surface area contributed by atoms with Gasteiger partial charge in [0.15, 0.2) is 17.7 Å². The van der Waals surface area contributed by atoms with E-state index in [9.17, 15) is 9.59 Å². The van der Waals surface area contributed by atoms with Gasteiger partial charge in [0, 0.05) is 12.0 Å². The zero-order chi connectivity index (χ0) is 26.8. The number of ether oxygens (including phenoxy) is 3. The summed E-state index contributed by atoms with van der Waals surface area (Å²) >= 11 is 0. The van der Waals surface area contributed by atoms with Gasteiger partial charge in [0.25, 0.3) is 0 Å². The standard InChI is InChI=1S/C31H42O5/c1-10-26-22(6)13-19(3)11-18(2)12-21(5)16-31(28(32)25(9)29(33)35-26)17-34-30(36-31)27-23(7)14-20(4)15-24(27)8/h12-15,18,25-26,30H,3,10-11,16-17H2,1-2,4-9H3/b21-12+,22-13+/t18-,25-,26-,30-,31+/m0/s1. The SMILES string of the molecule is C=C1/C=C(\C)[C@H](CC)OC(=O)[C@@H](C)C(=O)[C@]2(CO[C@H](c3c(C)cc(C)cc3C)O2)C/C(C)=C/[C@@H](C)C1. The lowest BCUT2D eigenvalue weighted by atomic mass is 9.84. The number of Topliss-reactive ketones (excluding diaryl/α,β-unsaturated/α-hetero) is 1. The predicted octanol–water partition coefficient (Wildman–Crippen LogP) is 6.80. The van der Waals surface area contributed by atoms with Gasteiger partial charge in [-0.25, -0.2) is 0 Å². The highest BCUT2D eigenvalue weighted by Crippen LogP contribution is 2.42. The molecule has 0 bridgehead atoms. The Bertz CT molecular complexity index is 1070. The lowest BCUT2D eigenvalue weighted by Crippen LogP contribution is -2.47. The van der Waals surface area contributed by atoms with Crippen LogP contribution in [0.15, 0.2) is 47.6 Å². The highest BCUT2D eigenvalue weighted by molar-refractivity contribution is 6.03. The van der Waals surface area contributed by atoms with Crippen molar-refractivity contribution >= 4 is 11.8 Å². The first-order chi connectivity index (χ1) is 16.9. The van der Waals surface area contributed by atoms with Crippen molar-refractivity contribution in [2.75, 3.05) is 6.61 Å². The van der Waals surface area contributed by atoms with Gasteiger partial charge in [-0.05, 0) is 77.0 Å². The summed E-state index contributed by atoms with van der Waals surface area (Å²) in [6.45, 7) is 20.1. The highest BCUT2D eigenvalue weighted by atomic mass is 16.7. The van der Waals surface area contributed by atoms with E-state index in [4.69, 9.17) is 14.2 Å². The van der Waals surface area contributed by atoms with Crippen LogP contribution >= 0.6 is 0 Å². The van der Waals surface area contributed by atoms with E-state index in [2.05, 4.69) is 38.6 Å². The summed E-state index contributed by atoms with van der Waals surface area (Å²) in [5, 5.41) is 0. The number of carbonyl (C=O) groups excluding carboxylic acids is 2. The number of allylic oxidation sites excluding steroid dienone is 3. The fraction of sp³-hybridized carbons (Fsp3) is 0.548. The molecule has 196 valence electrons. The molecule has 1 aromatic rings. The molecule has 2 aliphatic rings. The maximum Gasteiger partial charge on any atom is 0.316 e. The Labute approximate surface area is 216 Å². The number of cyclic esters (lactones) is 1. The average Bonchev–Trinajstić information content (AvgIpc) is 3.18. The summed E-state index contributed by atoms with van der Waals surface area (Å²) < 4.78 is 18.5. The van der Waals surface area contributed by atoms with Crippen LogP contribution in [0.4, 0.5) is 0 Å². The number of benzene rings is 1. The molecule has 1 fully saturated rings. The molecular weight excluding hydrogens is 452 g/mol. The van der Waals surface area contributed by atoms with Gasteiger partial charge in [-0.15, -0.1) is 0 Å². The Morgan fingerprint density at radius 2 is 1.69 bits per heavy atom. The minimum absolute atomic E-state index is 0.0866. The van der Waals surface area contributed by atoms with Crippen LogP contribution in [0.1, 0.15) is 82.4 Å². The molecule has 2 heterocycles. The largest absolute Gasteiger partial charge is 0.457 e. The van der Waals surface area contributed by atoms with E-state index in [1.54, 1.807) is 6.92 Å². The number of carbonyl (C=O) groups is 2. The summed E-state index contributed by atoms with van der Waals surface area (Å²) in [5.41, 5.74) is 5.90. The molecule has 5 heteroatoms. The van der Waals surface area contributed by atoms with E-state index in [0.29, 0.717) is 12.8 Å². The molecule has 0 unspecified atom stereocenters. The molecule has 0 saturated carbocycles. The van der Waals surface area contributed by atoms with Crippen molar-refractivity contribution in [3.63, 3.8) is 0 Å². The summed E-state index contributed by atoms with van der Waals surface area (Å²) in [6.07, 6.45) is 4.86. The monoisotopic (exact) mass is 494 g/mol. The molecule has 0 aromatic heterocycles. The Hall–Kier alpha value is -2.50. The van der Waals surface area contributed by atoms with E-state index in [1.165, 1.54) is 0 Å². The Morgan fingerprint density at radius 1 is 1.06 bits per heavy atom. The summed E-state index contributed by atoms with van der Waals surface area (Å²) in [5.74, 6) is -1.58. The molecule has 0 radical (unpaired) electrons. The van der Waals surface area contributed by atoms with E-state index >= 15 is 0 Å². The van der Waals surface area contributed by atoms with Crippen LogP contribution in [0.25, 0.3) is 0 Å². The smallest absolute Gasteiger partial charge is 0.316 e. The second kappa shape index (κ2) is 11.3. The topological polar surface area (TPSA) is 61.8 Å². The lowest BCUT2D eigenvalue weighted by Gasteiger charge is -2.30. The molecule has 5 atom stereocenters. The third-order valence-corrected chi connectivity index (χ3v) is 7.26. The molecule has 1 spiro atoms. The van der Waals surface area contributed by atoms with Crippen molar-refractivity contribution in [1.82, 2.24) is 0 Å². The molecule has 5 nitrogen and oxygen atoms in total. The van der Waals surface area contributed by atoms with Gasteiger partial charge in [-0.3, -0.25) is 9.59 Å². The summed E-state index contributed by atoms with van der Waals surface area (Å²) in [7, 11) is 0. The average molecular weight is 495 g/mol. The van der Waals surface area contributed by atoms with E-state index in [-0.39, 0.29) is 18.3 Å². The van der Waals surface area contributed by atoms with Crippen LogP contribution in [0.2, 0.25) is 0 Å². The van der Waals surface area contributed by atoms with Crippen molar-refractivity contribution < 1.29 is 23.8 Å². The second-order valence-electron chi connectivity index (χ2n) is 10.9. The van der Waals surface area contributed by atoms with Crippen LogP contribution in [0, 0.1) is 32.6 Å². The molecule has 3 rings (SSSR count). The Balaban J connectivity index is 2.02. The number of aryl methyl sites for hydroxylation is 3. The van der Waals surface area contributed by atoms with Crippen molar-refractivity contribution in [1.29, 1.82) is 0 Å². The molecule has 1 saturated heterocycles. The van der Waals surface area contributed by atoms with E-state index < -0.39 is 29.9 Å². The minimum Gasteiger partial charge on any atom is -0.457 e. The van der Waals surface area contributed by atoms with Crippen molar-refractivity contribution in [2.24, 2.45) is 11.8 Å². The summed E-state index contributed by atoms with van der Waals surface area (Å²) in [6, 6.07) is 4.19. The minimum atomic E-state index is -1.26. The first-order valence-electron chi connectivity index (χ1n) is 13.0. The van der Waals surface area contributed by atoms with Gasteiger partial charge < -0.3 is 14.2 Å². The predicted molar refractivity (Wildman–Crippen MR) is 143 cm³/mol. The number of rotatable bonds is 2. The Kier molecular flexibility index (Phi) is 8.79. The number of hydrogen-bond acceptors (Lipinski definition) is 5. The zero-order valence-electron chi connectivity index (χ0n) is 23.2. The van der Waals surface area contributed by atoms with Crippen molar-refractivity contribution in [3.8, 4) is 0 Å². The molecular formula is C31H42O5. The van der Waals surface area contributed by atoms with Gasteiger partial charge >= 0.3 is 5.97 Å². The third-order valence-electron chi connectivity index (χ3n) is 7.26. The van der Waals surface area contributed by atoms with Crippen molar-refractivity contribution in [2.45, 2.75) is 92.6 Å². The van der Waals surface area contributed by atoms with Crippen LogP contribution in [-0.4, -0.2) is 30.1 Å². The van der Waals surface area contributed by atoms with Crippen LogP contribution in [0.5, 0.6) is 0 Å². The lowest BCUT2D eigenvalue weighted by molar-refractivity contribution is -0.163. The first kappa shape index (κ1) is 28.1. The molecule has 2 aliphatic heterocycles. The highest BCUT2D eigenvalue weighted by Gasteiger charge is 2.51.